The molecular weight excluding hydrogens is 228 g/mol. The van der Waals surface area contributed by atoms with Crippen molar-refractivity contribution in [3.63, 3.8) is 0 Å². The third kappa shape index (κ3) is 2.95. The monoisotopic (exact) mass is 248 g/mol. The highest BCUT2D eigenvalue weighted by molar-refractivity contribution is 7.90. The SMILES string of the molecule is CC(C)S(=O)(=O)NC(=O)C1(C)CCCNC1. The van der Waals surface area contributed by atoms with Crippen molar-refractivity contribution in [2.75, 3.05) is 13.1 Å². The van der Waals surface area contributed by atoms with Crippen molar-refractivity contribution < 1.29 is 13.2 Å². The highest BCUT2D eigenvalue weighted by atomic mass is 32.2. The maximum atomic E-state index is 11.9. The van der Waals surface area contributed by atoms with Crippen LogP contribution in [0.3, 0.4) is 0 Å². The minimum absolute atomic E-state index is 0.395. The lowest BCUT2D eigenvalue weighted by atomic mass is 9.82. The summed E-state index contributed by atoms with van der Waals surface area (Å²) in [6.45, 7) is 6.32. The summed E-state index contributed by atoms with van der Waals surface area (Å²) in [6.07, 6.45) is 1.62. The maximum Gasteiger partial charge on any atom is 0.240 e. The number of piperidine rings is 1. The molecular formula is C10H20N2O3S. The molecule has 1 amide bonds. The fourth-order valence-corrected chi connectivity index (χ4v) is 2.36. The molecule has 1 unspecified atom stereocenters. The van der Waals surface area contributed by atoms with Crippen LogP contribution in [-0.4, -0.2) is 32.7 Å². The molecule has 1 heterocycles. The van der Waals surface area contributed by atoms with E-state index in [1.54, 1.807) is 20.8 Å². The van der Waals surface area contributed by atoms with Crippen LogP contribution in [0.2, 0.25) is 0 Å². The molecule has 0 spiro atoms. The molecule has 1 aliphatic rings. The summed E-state index contributed by atoms with van der Waals surface area (Å²) in [5, 5.41) is 2.53. The molecule has 2 N–H and O–H groups in total. The second-order valence-corrected chi connectivity index (χ2v) is 7.10. The molecule has 6 heteroatoms. The molecule has 1 atom stereocenters. The number of rotatable bonds is 3. The van der Waals surface area contributed by atoms with Gasteiger partial charge in [-0.25, -0.2) is 8.42 Å². The molecule has 94 valence electrons. The fourth-order valence-electron chi connectivity index (χ4n) is 1.62. The summed E-state index contributed by atoms with van der Waals surface area (Å²) in [7, 11) is -3.51. The average Bonchev–Trinajstić information content (AvgIpc) is 2.18. The van der Waals surface area contributed by atoms with Crippen LogP contribution in [0.15, 0.2) is 0 Å². The van der Waals surface area contributed by atoms with Crippen LogP contribution in [0, 0.1) is 5.41 Å². The van der Waals surface area contributed by atoms with E-state index >= 15 is 0 Å². The molecule has 0 aliphatic carbocycles. The molecule has 0 saturated carbocycles. The first-order valence-electron chi connectivity index (χ1n) is 5.55. The van der Waals surface area contributed by atoms with Gasteiger partial charge in [0.05, 0.1) is 10.7 Å². The standard InChI is InChI=1S/C10H20N2O3S/c1-8(2)16(14,15)12-9(13)10(3)5-4-6-11-7-10/h8,11H,4-7H2,1-3H3,(H,12,13). The van der Waals surface area contributed by atoms with Gasteiger partial charge in [-0.3, -0.25) is 9.52 Å². The van der Waals surface area contributed by atoms with Crippen LogP contribution in [0.1, 0.15) is 33.6 Å². The number of nitrogens with one attached hydrogen (secondary N) is 2. The van der Waals surface area contributed by atoms with Crippen LogP contribution in [-0.2, 0) is 14.8 Å². The summed E-state index contributed by atoms with van der Waals surface area (Å²) in [4.78, 5) is 11.9. The van der Waals surface area contributed by atoms with Crippen LogP contribution < -0.4 is 10.0 Å². The van der Waals surface area contributed by atoms with Crippen molar-refractivity contribution in [3.8, 4) is 0 Å². The fraction of sp³-hybridized carbons (Fsp3) is 0.900. The number of amides is 1. The quantitative estimate of drug-likeness (QED) is 0.750. The van der Waals surface area contributed by atoms with Gasteiger partial charge in [0.2, 0.25) is 15.9 Å². The second-order valence-electron chi connectivity index (χ2n) is 4.87. The van der Waals surface area contributed by atoms with Crippen LogP contribution in [0.25, 0.3) is 0 Å². The van der Waals surface area contributed by atoms with Crippen molar-refractivity contribution in [2.45, 2.75) is 38.9 Å². The Morgan fingerprint density at radius 2 is 2.06 bits per heavy atom. The number of carbonyl (C=O) groups is 1. The molecule has 0 aromatic rings. The van der Waals surface area contributed by atoms with Gasteiger partial charge in [-0.2, -0.15) is 0 Å². The topological polar surface area (TPSA) is 75.3 Å². The van der Waals surface area contributed by atoms with Gasteiger partial charge in [0.25, 0.3) is 0 Å². The second kappa shape index (κ2) is 4.71. The lowest BCUT2D eigenvalue weighted by Crippen LogP contribution is -2.51. The maximum absolute atomic E-state index is 11.9. The Balaban J connectivity index is 2.72. The van der Waals surface area contributed by atoms with Gasteiger partial charge in [-0.05, 0) is 40.2 Å². The van der Waals surface area contributed by atoms with Gasteiger partial charge < -0.3 is 5.32 Å². The number of sulfonamides is 1. The van der Waals surface area contributed by atoms with E-state index in [0.29, 0.717) is 6.54 Å². The van der Waals surface area contributed by atoms with Crippen molar-refractivity contribution in [3.05, 3.63) is 0 Å². The minimum Gasteiger partial charge on any atom is -0.316 e. The molecule has 0 aromatic heterocycles. The zero-order valence-corrected chi connectivity index (χ0v) is 10.9. The van der Waals surface area contributed by atoms with E-state index in [1.807, 2.05) is 0 Å². The Kier molecular flexibility index (Phi) is 3.96. The molecule has 5 nitrogen and oxygen atoms in total. The van der Waals surface area contributed by atoms with E-state index in [0.717, 1.165) is 19.4 Å². The van der Waals surface area contributed by atoms with Gasteiger partial charge in [0.15, 0.2) is 0 Å². The van der Waals surface area contributed by atoms with E-state index in [9.17, 15) is 13.2 Å². The third-order valence-corrected chi connectivity index (χ3v) is 4.71. The highest BCUT2D eigenvalue weighted by Crippen LogP contribution is 2.25. The van der Waals surface area contributed by atoms with E-state index in [-0.39, 0.29) is 0 Å². The number of hydrogen-bond acceptors (Lipinski definition) is 4. The zero-order chi connectivity index (χ0) is 12.4. The Bertz CT molecular complexity index is 356. The molecule has 1 fully saturated rings. The Morgan fingerprint density at radius 1 is 1.44 bits per heavy atom. The molecule has 0 aromatic carbocycles. The van der Waals surface area contributed by atoms with Gasteiger partial charge >= 0.3 is 0 Å². The van der Waals surface area contributed by atoms with Crippen LogP contribution in [0.5, 0.6) is 0 Å². The first-order valence-corrected chi connectivity index (χ1v) is 7.09. The van der Waals surface area contributed by atoms with Crippen LogP contribution in [0.4, 0.5) is 0 Å². The number of hydrogen-bond donors (Lipinski definition) is 2. The molecule has 1 aliphatic heterocycles. The lowest BCUT2D eigenvalue weighted by molar-refractivity contribution is -0.129. The molecule has 1 saturated heterocycles. The van der Waals surface area contributed by atoms with Gasteiger partial charge in [0.1, 0.15) is 0 Å². The van der Waals surface area contributed by atoms with Gasteiger partial charge in [-0.15, -0.1) is 0 Å². The van der Waals surface area contributed by atoms with Crippen molar-refractivity contribution in [1.82, 2.24) is 10.0 Å². The predicted octanol–water partition coefficient (Wildman–Crippen LogP) is 0.231. The third-order valence-electron chi connectivity index (χ3n) is 3.00. The Hall–Kier alpha value is -0.620. The summed E-state index contributed by atoms with van der Waals surface area (Å²) in [6, 6.07) is 0. The van der Waals surface area contributed by atoms with E-state index in [2.05, 4.69) is 10.0 Å². The molecule has 0 radical (unpaired) electrons. The van der Waals surface area contributed by atoms with Crippen LogP contribution >= 0.6 is 0 Å². The van der Waals surface area contributed by atoms with Crippen molar-refractivity contribution in [1.29, 1.82) is 0 Å². The summed E-state index contributed by atoms with van der Waals surface area (Å²) < 4.78 is 25.3. The molecule has 1 rings (SSSR count). The zero-order valence-electron chi connectivity index (χ0n) is 10.0. The van der Waals surface area contributed by atoms with E-state index in [1.165, 1.54) is 0 Å². The predicted molar refractivity (Wildman–Crippen MR) is 62.4 cm³/mol. The van der Waals surface area contributed by atoms with Gasteiger partial charge in [-0.1, -0.05) is 0 Å². The largest absolute Gasteiger partial charge is 0.316 e. The van der Waals surface area contributed by atoms with Crippen molar-refractivity contribution in [2.24, 2.45) is 5.41 Å². The smallest absolute Gasteiger partial charge is 0.240 e. The Morgan fingerprint density at radius 3 is 2.50 bits per heavy atom. The van der Waals surface area contributed by atoms with E-state index < -0.39 is 26.6 Å². The summed E-state index contributed by atoms with van der Waals surface area (Å²) >= 11 is 0. The molecule has 0 bridgehead atoms. The lowest BCUT2D eigenvalue weighted by Gasteiger charge is -2.32. The Labute approximate surface area is 97.0 Å². The first-order chi connectivity index (χ1) is 7.28. The van der Waals surface area contributed by atoms with Gasteiger partial charge in [0, 0.05) is 6.54 Å². The normalized spacial score (nSPS) is 26.8. The van der Waals surface area contributed by atoms with E-state index in [4.69, 9.17) is 0 Å². The molecule has 16 heavy (non-hydrogen) atoms. The summed E-state index contributed by atoms with van der Waals surface area (Å²) in [5.41, 5.74) is -0.611. The highest BCUT2D eigenvalue weighted by Gasteiger charge is 2.37. The first kappa shape index (κ1) is 13.4. The number of carbonyl (C=O) groups excluding carboxylic acids is 1. The minimum atomic E-state index is -3.51. The summed E-state index contributed by atoms with van der Waals surface area (Å²) in [5.74, 6) is -0.395. The van der Waals surface area contributed by atoms with Crippen molar-refractivity contribution >= 4 is 15.9 Å². The average molecular weight is 248 g/mol.